The summed E-state index contributed by atoms with van der Waals surface area (Å²) in [5, 5.41) is 4.81. The fourth-order valence-electron chi connectivity index (χ4n) is 1.15. The Bertz CT molecular complexity index is 455. The van der Waals surface area contributed by atoms with E-state index < -0.39 is 0 Å². The highest BCUT2D eigenvalue weighted by molar-refractivity contribution is 9.10. The summed E-state index contributed by atoms with van der Waals surface area (Å²) in [6.45, 7) is 0. The maximum absolute atomic E-state index is 5.88. The molecule has 2 aromatic rings. The average molecular weight is 262 g/mol. The van der Waals surface area contributed by atoms with E-state index in [-0.39, 0.29) is 0 Å². The summed E-state index contributed by atoms with van der Waals surface area (Å²) < 4.78 is 7.55. The van der Waals surface area contributed by atoms with E-state index in [0.717, 1.165) is 10.1 Å². The highest BCUT2D eigenvalue weighted by atomic mass is 79.9. The SMILES string of the molecule is COc1cc(Cl)cc2cc(Br)nn12. The molecule has 2 aromatic heterocycles. The topological polar surface area (TPSA) is 26.5 Å². The summed E-state index contributed by atoms with van der Waals surface area (Å²) in [5.74, 6) is 0.619. The predicted octanol–water partition coefficient (Wildman–Crippen LogP) is 2.76. The second-order valence-electron chi connectivity index (χ2n) is 2.52. The molecule has 3 nitrogen and oxygen atoms in total. The van der Waals surface area contributed by atoms with Gasteiger partial charge in [0.25, 0.3) is 0 Å². The maximum atomic E-state index is 5.88. The molecule has 0 N–H and O–H groups in total. The van der Waals surface area contributed by atoms with Crippen LogP contribution in [-0.4, -0.2) is 16.7 Å². The molecule has 2 heterocycles. The Morgan fingerprint density at radius 2 is 2.23 bits per heavy atom. The van der Waals surface area contributed by atoms with Crippen molar-refractivity contribution in [2.75, 3.05) is 7.11 Å². The molecule has 0 spiro atoms. The number of nitrogens with zero attached hydrogens (tertiary/aromatic N) is 2. The van der Waals surface area contributed by atoms with Crippen LogP contribution >= 0.6 is 27.5 Å². The van der Waals surface area contributed by atoms with Crippen molar-refractivity contribution < 1.29 is 4.74 Å². The minimum absolute atomic E-state index is 0.619. The van der Waals surface area contributed by atoms with Crippen molar-refractivity contribution in [2.45, 2.75) is 0 Å². The molecule has 13 heavy (non-hydrogen) atoms. The Kier molecular flexibility index (Phi) is 2.17. The van der Waals surface area contributed by atoms with Crippen molar-refractivity contribution in [3.8, 4) is 5.88 Å². The van der Waals surface area contributed by atoms with Crippen LogP contribution in [-0.2, 0) is 0 Å². The fourth-order valence-corrected chi connectivity index (χ4v) is 1.75. The first-order valence-electron chi connectivity index (χ1n) is 3.59. The van der Waals surface area contributed by atoms with Gasteiger partial charge in [-0.25, -0.2) is 0 Å². The van der Waals surface area contributed by atoms with Crippen molar-refractivity contribution in [2.24, 2.45) is 0 Å². The van der Waals surface area contributed by atoms with Gasteiger partial charge in [0.15, 0.2) is 0 Å². The van der Waals surface area contributed by atoms with Crippen LogP contribution in [0.2, 0.25) is 5.02 Å². The third-order valence-electron chi connectivity index (χ3n) is 1.67. The van der Waals surface area contributed by atoms with Gasteiger partial charge < -0.3 is 4.74 Å². The summed E-state index contributed by atoms with van der Waals surface area (Å²) in [4.78, 5) is 0. The Hall–Kier alpha value is -0.740. The van der Waals surface area contributed by atoms with Crippen LogP contribution in [0, 0.1) is 0 Å². The molecule has 0 saturated carbocycles. The van der Waals surface area contributed by atoms with E-state index in [1.165, 1.54) is 0 Å². The zero-order chi connectivity index (χ0) is 9.42. The van der Waals surface area contributed by atoms with Crippen LogP contribution in [0.1, 0.15) is 0 Å². The summed E-state index contributed by atoms with van der Waals surface area (Å²) in [6, 6.07) is 5.41. The first-order valence-corrected chi connectivity index (χ1v) is 4.76. The Balaban J connectivity index is 2.80. The lowest BCUT2D eigenvalue weighted by Crippen LogP contribution is -1.94. The third-order valence-corrected chi connectivity index (χ3v) is 2.28. The number of rotatable bonds is 1. The van der Waals surface area contributed by atoms with Gasteiger partial charge in [-0.15, -0.1) is 0 Å². The summed E-state index contributed by atoms with van der Waals surface area (Å²) in [6.07, 6.45) is 0. The van der Waals surface area contributed by atoms with Gasteiger partial charge in [-0.3, -0.25) is 0 Å². The second kappa shape index (κ2) is 3.20. The van der Waals surface area contributed by atoms with Gasteiger partial charge in [0.1, 0.15) is 4.60 Å². The zero-order valence-electron chi connectivity index (χ0n) is 6.79. The van der Waals surface area contributed by atoms with E-state index in [4.69, 9.17) is 16.3 Å². The Labute approximate surface area is 88.4 Å². The number of ether oxygens (including phenoxy) is 1. The molecular formula is C8H6BrClN2O. The second-order valence-corrected chi connectivity index (χ2v) is 3.77. The molecule has 0 aromatic carbocycles. The highest BCUT2D eigenvalue weighted by Gasteiger charge is 2.05. The molecule has 0 fully saturated rings. The number of pyridine rings is 1. The largest absolute Gasteiger partial charge is 0.481 e. The lowest BCUT2D eigenvalue weighted by molar-refractivity contribution is 0.385. The smallest absolute Gasteiger partial charge is 0.216 e. The molecule has 2 rings (SSSR count). The lowest BCUT2D eigenvalue weighted by atomic mass is 10.4. The van der Waals surface area contributed by atoms with Crippen LogP contribution in [0.25, 0.3) is 5.52 Å². The summed E-state index contributed by atoms with van der Waals surface area (Å²) in [7, 11) is 1.58. The summed E-state index contributed by atoms with van der Waals surface area (Å²) >= 11 is 9.16. The van der Waals surface area contributed by atoms with Crippen molar-refractivity contribution in [3.63, 3.8) is 0 Å². The van der Waals surface area contributed by atoms with Crippen LogP contribution in [0.4, 0.5) is 0 Å². The average Bonchev–Trinajstić information content (AvgIpc) is 2.43. The van der Waals surface area contributed by atoms with Crippen molar-refractivity contribution in [1.29, 1.82) is 0 Å². The van der Waals surface area contributed by atoms with Gasteiger partial charge in [-0.05, 0) is 28.1 Å². The van der Waals surface area contributed by atoms with E-state index in [1.807, 2.05) is 12.1 Å². The third kappa shape index (κ3) is 1.51. The Morgan fingerprint density at radius 1 is 1.46 bits per heavy atom. The van der Waals surface area contributed by atoms with Crippen molar-refractivity contribution in [1.82, 2.24) is 9.61 Å². The molecular weight excluding hydrogens is 255 g/mol. The molecule has 0 radical (unpaired) electrons. The Morgan fingerprint density at radius 3 is 2.92 bits per heavy atom. The normalized spacial score (nSPS) is 10.7. The fraction of sp³-hybridized carbons (Fsp3) is 0.125. The molecule has 0 aliphatic rings. The van der Waals surface area contributed by atoms with E-state index >= 15 is 0 Å². The van der Waals surface area contributed by atoms with Crippen LogP contribution in [0.15, 0.2) is 22.8 Å². The van der Waals surface area contributed by atoms with Crippen LogP contribution < -0.4 is 4.74 Å². The number of methoxy groups -OCH3 is 1. The van der Waals surface area contributed by atoms with E-state index in [2.05, 4.69) is 21.0 Å². The monoisotopic (exact) mass is 260 g/mol. The molecule has 0 aliphatic heterocycles. The van der Waals surface area contributed by atoms with Crippen LogP contribution in [0.5, 0.6) is 5.88 Å². The lowest BCUT2D eigenvalue weighted by Gasteiger charge is -2.02. The van der Waals surface area contributed by atoms with E-state index in [1.54, 1.807) is 17.7 Å². The molecule has 0 saturated heterocycles. The molecule has 0 bridgehead atoms. The number of halogens is 2. The first-order chi connectivity index (χ1) is 6.20. The van der Waals surface area contributed by atoms with Crippen molar-refractivity contribution in [3.05, 3.63) is 27.8 Å². The van der Waals surface area contributed by atoms with Gasteiger partial charge >= 0.3 is 0 Å². The molecule has 0 unspecified atom stereocenters. The van der Waals surface area contributed by atoms with Gasteiger partial charge in [-0.2, -0.15) is 9.61 Å². The van der Waals surface area contributed by atoms with Crippen molar-refractivity contribution >= 4 is 33.0 Å². The molecule has 68 valence electrons. The highest BCUT2D eigenvalue weighted by Crippen LogP contribution is 2.23. The number of hydrogen-bond donors (Lipinski definition) is 0. The number of fused-ring (bicyclic) bond motifs is 1. The summed E-state index contributed by atoms with van der Waals surface area (Å²) in [5.41, 5.74) is 0.899. The van der Waals surface area contributed by atoms with Gasteiger partial charge in [0.05, 0.1) is 12.6 Å². The van der Waals surface area contributed by atoms with Gasteiger partial charge in [0.2, 0.25) is 5.88 Å². The number of aromatic nitrogens is 2. The molecule has 0 amide bonds. The van der Waals surface area contributed by atoms with Gasteiger partial charge in [0, 0.05) is 11.1 Å². The molecule has 5 heteroatoms. The van der Waals surface area contributed by atoms with E-state index in [9.17, 15) is 0 Å². The van der Waals surface area contributed by atoms with Gasteiger partial charge in [-0.1, -0.05) is 11.6 Å². The zero-order valence-corrected chi connectivity index (χ0v) is 9.13. The molecule has 0 atom stereocenters. The quantitative estimate of drug-likeness (QED) is 0.789. The maximum Gasteiger partial charge on any atom is 0.216 e. The molecule has 0 aliphatic carbocycles. The minimum Gasteiger partial charge on any atom is -0.481 e. The number of hydrogen-bond acceptors (Lipinski definition) is 2. The predicted molar refractivity (Wildman–Crippen MR) is 54.5 cm³/mol. The van der Waals surface area contributed by atoms with E-state index in [0.29, 0.717) is 10.9 Å². The van der Waals surface area contributed by atoms with Crippen LogP contribution in [0.3, 0.4) is 0 Å². The minimum atomic E-state index is 0.619. The first kappa shape index (κ1) is 8.84. The standard InChI is InChI=1S/C8H6BrClN2O/c1-13-8-3-5(10)2-6-4-7(9)11-12(6)8/h2-4H,1H3.